The Morgan fingerprint density at radius 1 is 1.04 bits per heavy atom. The van der Waals surface area contributed by atoms with Crippen molar-refractivity contribution in [3.63, 3.8) is 0 Å². The Morgan fingerprint density at radius 3 is 2.00 bits per heavy atom. The van der Waals surface area contributed by atoms with E-state index in [-0.39, 0.29) is 23.2 Å². The van der Waals surface area contributed by atoms with Gasteiger partial charge in [-0.2, -0.15) is 0 Å². The number of ketones is 1. The summed E-state index contributed by atoms with van der Waals surface area (Å²) in [6.07, 6.45) is 7.96. The molecule has 1 N–H and O–H groups in total. The van der Waals surface area contributed by atoms with Crippen molar-refractivity contribution < 1.29 is 9.90 Å². The van der Waals surface area contributed by atoms with E-state index in [1.165, 1.54) is 16.7 Å². The fourth-order valence-electron chi connectivity index (χ4n) is 3.46. The van der Waals surface area contributed by atoms with E-state index in [0.29, 0.717) is 6.42 Å². The van der Waals surface area contributed by atoms with Gasteiger partial charge < -0.3 is 5.11 Å². The lowest BCUT2D eigenvalue weighted by Gasteiger charge is -2.30. The van der Waals surface area contributed by atoms with Crippen LogP contribution >= 0.6 is 0 Å². The summed E-state index contributed by atoms with van der Waals surface area (Å²) in [7, 11) is 0. The average molecular weight is 341 g/mol. The second-order valence-corrected chi connectivity index (χ2v) is 9.07. The first-order valence-corrected chi connectivity index (χ1v) is 9.20. The number of Topliss-reactive ketones (excluding diaryl/α,β-unsaturated/α-hetero) is 1. The fraction of sp³-hybridized carbons (Fsp3) is 0.522. The Kier molecular flexibility index (Phi) is 5.73. The van der Waals surface area contributed by atoms with Gasteiger partial charge in [0.2, 0.25) is 0 Å². The Hall–Kier alpha value is -1.67. The lowest BCUT2D eigenvalue weighted by molar-refractivity contribution is -0.115. The molecule has 0 saturated carbocycles. The van der Waals surface area contributed by atoms with Crippen LogP contribution in [0.4, 0.5) is 0 Å². The van der Waals surface area contributed by atoms with E-state index in [1.807, 2.05) is 18.2 Å². The molecular weight excluding hydrogens is 308 g/mol. The summed E-state index contributed by atoms with van der Waals surface area (Å²) in [6, 6.07) is 4.38. The second-order valence-electron chi connectivity index (χ2n) is 9.07. The molecule has 0 radical (unpaired) electrons. The molecule has 1 aliphatic carbocycles. The molecule has 2 rings (SSSR count). The van der Waals surface area contributed by atoms with Crippen molar-refractivity contribution in [1.82, 2.24) is 0 Å². The Bertz CT molecular complexity index is 672. The molecule has 2 nitrogen and oxygen atoms in total. The summed E-state index contributed by atoms with van der Waals surface area (Å²) in [4.78, 5) is 12.4. The van der Waals surface area contributed by atoms with E-state index in [0.717, 1.165) is 24.0 Å². The van der Waals surface area contributed by atoms with Gasteiger partial charge >= 0.3 is 0 Å². The number of aliphatic hydroxyl groups is 1. The SMILES string of the molecule is CC(C)(C)c1cc(CCC(=O)C2=CC=CC2)cc(C(C)(C)C)c1CO. The van der Waals surface area contributed by atoms with E-state index in [1.54, 1.807) is 0 Å². The average Bonchev–Trinajstić information content (AvgIpc) is 3.04. The fourth-order valence-corrected chi connectivity index (χ4v) is 3.46. The quantitative estimate of drug-likeness (QED) is 0.803. The van der Waals surface area contributed by atoms with Gasteiger partial charge in [0.1, 0.15) is 0 Å². The molecule has 0 fully saturated rings. The van der Waals surface area contributed by atoms with Crippen LogP contribution in [0.2, 0.25) is 0 Å². The van der Waals surface area contributed by atoms with Crippen LogP contribution in [0, 0.1) is 0 Å². The Balaban J connectivity index is 2.36. The first-order chi connectivity index (χ1) is 11.5. The number of aryl methyl sites for hydroxylation is 1. The predicted molar refractivity (Wildman–Crippen MR) is 105 cm³/mol. The highest BCUT2D eigenvalue weighted by Crippen LogP contribution is 2.35. The van der Waals surface area contributed by atoms with Crippen molar-refractivity contribution in [3.05, 3.63) is 58.2 Å². The third kappa shape index (κ3) is 4.70. The molecule has 25 heavy (non-hydrogen) atoms. The van der Waals surface area contributed by atoms with Gasteiger partial charge in [0.25, 0.3) is 0 Å². The van der Waals surface area contributed by atoms with E-state index < -0.39 is 0 Å². The van der Waals surface area contributed by atoms with E-state index in [2.05, 4.69) is 53.7 Å². The molecule has 0 amide bonds. The normalized spacial score (nSPS) is 14.8. The molecule has 0 heterocycles. The molecule has 0 saturated heterocycles. The summed E-state index contributed by atoms with van der Waals surface area (Å²) in [6.45, 7) is 13.1. The topological polar surface area (TPSA) is 37.3 Å². The monoisotopic (exact) mass is 340 g/mol. The molecule has 1 aromatic carbocycles. The van der Waals surface area contributed by atoms with E-state index in [9.17, 15) is 9.90 Å². The molecule has 0 atom stereocenters. The van der Waals surface area contributed by atoms with Gasteiger partial charge in [0.15, 0.2) is 5.78 Å². The summed E-state index contributed by atoms with van der Waals surface area (Å²) >= 11 is 0. The number of aliphatic hydroxyl groups excluding tert-OH is 1. The number of allylic oxidation sites excluding steroid dienone is 4. The van der Waals surface area contributed by atoms with Gasteiger partial charge in [-0.3, -0.25) is 4.79 Å². The van der Waals surface area contributed by atoms with Crippen molar-refractivity contribution in [2.45, 2.75) is 78.2 Å². The van der Waals surface area contributed by atoms with Crippen molar-refractivity contribution >= 4 is 5.78 Å². The van der Waals surface area contributed by atoms with E-state index >= 15 is 0 Å². The minimum Gasteiger partial charge on any atom is -0.392 e. The van der Waals surface area contributed by atoms with Crippen LogP contribution in [0.1, 0.15) is 76.6 Å². The largest absolute Gasteiger partial charge is 0.392 e. The highest BCUT2D eigenvalue weighted by Gasteiger charge is 2.26. The number of carbonyl (C=O) groups is 1. The minimum absolute atomic E-state index is 0.0457. The third-order valence-corrected chi connectivity index (χ3v) is 4.85. The highest BCUT2D eigenvalue weighted by atomic mass is 16.3. The van der Waals surface area contributed by atoms with Gasteiger partial charge in [-0.25, -0.2) is 0 Å². The standard InChI is InChI=1S/C23H32O2/c1-22(2,3)19-13-16(11-12-21(25)17-9-7-8-10-17)14-20(18(19)15-24)23(4,5)6/h7-9,13-14,24H,10-12,15H2,1-6H3. The zero-order chi connectivity index (χ0) is 18.8. The molecule has 0 aliphatic heterocycles. The minimum atomic E-state index is -0.0457. The van der Waals surface area contributed by atoms with Crippen LogP contribution in [0.25, 0.3) is 0 Å². The first-order valence-electron chi connectivity index (χ1n) is 9.20. The van der Waals surface area contributed by atoms with Crippen LogP contribution in [0.15, 0.2) is 35.9 Å². The van der Waals surface area contributed by atoms with Crippen LogP contribution in [0.5, 0.6) is 0 Å². The van der Waals surface area contributed by atoms with Crippen LogP contribution in [0.3, 0.4) is 0 Å². The second kappa shape index (κ2) is 7.29. The van der Waals surface area contributed by atoms with E-state index in [4.69, 9.17) is 0 Å². The number of hydrogen-bond donors (Lipinski definition) is 1. The number of rotatable bonds is 5. The molecule has 0 spiro atoms. The van der Waals surface area contributed by atoms with Crippen molar-refractivity contribution in [2.75, 3.05) is 0 Å². The van der Waals surface area contributed by atoms with Crippen LogP contribution < -0.4 is 0 Å². The van der Waals surface area contributed by atoms with Crippen molar-refractivity contribution in [3.8, 4) is 0 Å². The molecule has 136 valence electrons. The number of hydrogen-bond acceptors (Lipinski definition) is 2. The lowest BCUT2D eigenvalue weighted by Crippen LogP contribution is -2.22. The van der Waals surface area contributed by atoms with Gasteiger partial charge in [-0.05, 0) is 51.5 Å². The Morgan fingerprint density at radius 2 is 1.60 bits per heavy atom. The first kappa shape index (κ1) is 19.7. The molecule has 0 bridgehead atoms. The molecule has 0 unspecified atom stereocenters. The highest BCUT2D eigenvalue weighted by molar-refractivity contribution is 5.96. The molecule has 0 aromatic heterocycles. The summed E-state index contributed by atoms with van der Waals surface area (Å²) in [5.41, 5.74) is 5.42. The Labute approximate surface area is 152 Å². The smallest absolute Gasteiger partial charge is 0.159 e. The van der Waals surface area contributed by atoms with Crippen molar-refractivity contribution in [2.24, 2.45) is 0 Å². The summed E-state index contributed by atoms with van der Waals surface area (Å²) in [5.74, 6) is 0.242. The molecular formula is C23H32O2. The van der Waals surface area contributed by atoms with Gasteiger partial charge in [0.05, 0.1) is 6.61 Å². The summed E-state index contributed by atoms with van der Waals surface area (Å²) in [5, 5.41) is 10.0. The molecule has 1 aliphatic rings. The van der Waals surface area contributed by atoms with Gasteiger partial charge in [0, 0.05) is 6.42 Å². The maximum absolute atomic E-state index is 12.4. The van der Waals surface area contributed by atoms with Gasteiger partial charge in [-0.15, -0.1) is 0 Å². The maximum atomic E-state index is 12.4. The van der Waals surface area contributed by atoms with Crippen LogP contribution in [-0.2, 0) is 28.7 Å². The zero-order valence-corrected chi connectivity index (χ0v) is 16.6. The van der Waals surface area contributed by atoms with Gasteiger partial charge in [-0.1, -0.05) is 71.9 Å². The van der Waals surface area contributed by atoms with Crippen LogP contribution in [-0.4, -0.2) is 10.9 Å². The maximum Gasteiger partial charge on any atom is 0.159 e. The number of benzene rings is 1. The molecule has 1 aromatic rings. The molecule has 2 heteroatoms. The van der Waals surface area contributed by atoms with Crippen molar-refractivity contribution in [1.29, 1.82) is 0 Å². The lowest BCUT2D eigenvalue weighted by atomic mass is 9.75. The number of carbonyl (C=O) groups excluding carboxylic acids is 1. The third-order valence-electron chi connectivity index (χ3n) is 4.85. The summed E-state index contributed by atoms with van der Waals surface area (Å²) < 4.78 is 0. The zero-order valence-electron chi connectivity index (χ0n) is 16.6. The predicted octanol–water partition coefficient (Wildman–Crippen LogP) is 5.16.